The molecule has 0 aliphatic rings. The van der Waals surface area contributed by atoms with Gasteiger partial charge in [-0.3, -0.25) is 0 Å². The third kappa shape index (κ3) is 33.4. The molecule has 0 fully saturated rings. The Morgan fingerprint density at radius 3 is 1.62 bits per heavy atom. The molecule has 84 valence electrons. The van der Waals surface area contributed by atoms with Gasteiger partial charge >= 0.3 is 0 Å². The molecule has 0 amide bonds. The second-order valence-corrected chi connectivity index (χ2v) is 2.52. The molecule has 0 aliphatic heterocycles. The molecule has 0 bridgehead atoms. The van der Waals surface area contributed by atoms with E-state index in [-0.39, 0.29) is 0 Å². The summed E-state index contributed by atoms with van der Waals surface area (Å²) in [6, 6.07) is 0. The molecule has 0 aromatic carbocycles. The highest BCUT2D eigenvalue weighted by Crippen LogP contribution is 2.00. The van der Waals surface area contributed by atoms with Gasteiger partial charge in [-0.25, -0.2) is 0 Å². The lowest BCUT2D eigenvalue weighted by Crippen LogP contribution is -2.06. The van der Waals surface area contributed by atoms with Crippen LogP contribution in [0.2, 0.25) is 0 Å². The molecule has 1 nitrogen and oxygen atoms in total. The summed E-state index contributed by atoms with van der Waals surface area (Å²) in [6.45, 7) is 11.4. The Hall–Kier alpha value is -0.0400. The van der Waals surface area contributed by atoms with E-state index in [0.717, 1.165) is 0 Å². The van der Waals surface area contributed by atoms with Gasteiger partial charge in [0.25, 0.3) is 0 Å². The van der Waals surface area contributed by atoms with Crippen molar-refractivity contribution in [2.75, 3.05) is 13.6 Å². The fourth-order valence-corrected chi connectivity index (χ4v) is 0.905. The molecule has 0 heterocycles. The minimum Gasteiger partial charge on any atom is -0.320 e. The van der Waals surface area contributed by atoms with Gasteiger partial charge in [-0.2, -0.15) is 0 Å². The van der Waals surface area contributed by atoms with Crippen molar-refractivity contribution in [2.45, 2.75) is 66.7 Å². The van der Waals surface area contributed by atoms with Crippen molar-refractivity contribution >= 4 is 0 Å². The molecule has 0 aromatic rings. The highest BCUT2D eigenvalue weighted by molar-refractivity contribution is 4.43. The summed E-state index contributed by atoms with van der Waals surface area (Å²) in [4.78, 5) is 0. The Balaban J connectivity index is -0.000000218. The fourth-order valence-electron chi connectivity index (χ4n) is 0.905. The first-order valence-corrected chi connectivity index (χ1v) is 6.06. The summed E-state index contributed by atoms with van der Waals surface area (Å²) in [5, 5.41) is 3.14. The minimum absolute atomic E-state index is 1.18. The average Bonchev–Trinajstić information content (AvgIpc) is 2.24. The van der Waals surface area contributed by atoms with Crippen LogP contribution < -0.4 is 5.32 Å². The molecule has 0 spiro atoms. The maximum absolute atomic E-state index is 3.14. The summed E-state index contributed by atoms with van der Waals surface area (Å²) < 4.78 is 0. The first kappa shape index (κ1) is 18.7. The molecule has 0 radical (unpaired) electrons. The monoisotopic (exact) mass is 189 g/mol. The van der Waals surface area contributed by atoms with E-state index in [1.165, 1.54) is 38.6 Å². The van der Waals surface area contributed by atoms with E-state index in [1.807, 2.05) is 34.7 Å². The van der Waals surface area contributed by atoms with Crippen molar-refractivity contribution in [3.63, 3.8) is 0 Å². The normalized spacial score (nSPS) is 7.85. The lowest BCUT2D eigenvalue weighted by atomic mass is 10.1. The Morgan fingerprint density at radius 2 is 1.23 bits per heavy atom. The van der Waals surface area contributed by atoms with Gasteiger partial charge in [0.1, 0.15) is 0 Å². The van der Waals surface area contributed by atoms with Crippen LogP contribution in [0.15, 0.2) is 0 Å². The zero-order valence-corrected chi connectivity index (χ0v) is 10.7. The van der Waals surface area contributed by atoms with E-state index in [4.69, 9.17) is 0 Å². The molecule has 1 N–H and O–H groups in total. The largest absolute Gasteiger partial charge is 0.320 e. The molecule has 0 unspecified atom stereocenters. The molecule has 0 rings (SSSR count). The van der Waals surface area contributed by atoms with Gasteiger partial charge in [-0.1, -0.05) is 60.3 Å². The molecule has 0 saturated carbocycles. The molecule has 0 saturated heterocycles. The summed E-state index contributed by atoms with van der Waals surface area (Å²) in [5.41, 5.74) is 0. The average molecular weight is 189 g/mol. The minimum atomic E-state index is 1.18. The van der Waals surface area contributed by atoms with Crippen LogP contribution in [-0.4, -0.2) is 13.6 Å². The Labute approximate surface area is 86.3 Å². The predicted octanol–water partition coefficient (Wildman–Crippen LogP) is 4.23. The molecule has 13 heavy (non-hydrogen) atoms. The highest BCUT2D eigenvalue weighted by atomic mass is 14.8. The fraction of sp³-hybridized carbons (Fsp3) is 1.00. The summed E-state index contributed by atoms with van der Waals surface area (Å²) >= 11 is 0. The van der Waals surface area contributed by atoms with Crippen LogP contribution >= 0.6 is 0 Å². The van der Waals surface area contributed by atoms with Crippen LogP contribution in [0.25, 0.3) is 0 Å². The van der Waals surface area contributed by atoms with Gasteiger partial charge in [0.05, 0.1) is 0 Å². The van der Waals surface area contributed by atoms with Crippen molar-refractivity contribution < 1.29 is 0 Å². The summed E-state index contributed by atoms with van der Waals surface area (Å²) in [7, 11) is 2.01. The topological polar surface area (TPSA) is 12.0 Å². The molecule has 1 heteroatoms. The first-order chi connectivity index (χ1) is 6.41. The van der Waals surface area contributed by atoms with Gasteiger partial charge in [-0.15, -0.1) is 0 Å². The number of hydrogen-bond donors (Lipinski definition) is 1. The van der Waals surface area contributed by atoms with Crippen molar-refractivity contribution in [1.82, 2.24) is 5.32 Å². The third-order valence-electron chi connectivity index (χ3n) is 1.53. The van der Waals surface area contributed by atoms with Crippen molar-refractivity contribution in [3.8, 4) is 0 Å². The predicted molar refractivity (Wildman–Crippen MR) is 65.4 cm³/mol. The summed E-state index contributed by atoms with van der Waals surface area (Å²) in [5.74, 6) is 0. The van der Waals surface area contributed by atoms with Crippen LogP contribution in [0, 0.1) is 0 Å². The number of hydrogen-bond acceptors (Lipinski definition) is 1. The van der Waals surface area contributed by atoms with Gasteiger partial charge in [0.15, 0.2) is 0 Å². The van der Waals surface area contributed by atoms with E-state index in [1.54, 1.807) is 0 Å². The molecular formula is C12H31N. The molecular weight excluding hydrogens is 158 g/mol. The van der Waals surface area contributed by atoms with Crippen LogP contribution in [0.3, 0.4) is 0 Å². The second kappa shape index (κ2) is 29.7. The van der Waals surface area contributed by atoms with Crippen molar-refractivity contribution in [3.05, 3.63) is 0 Å². The van der Waals surface area contributed by atoms with Crippen LogP contribution in [0.1, 0.15) is 66.7 Å². The molecule has 0 aliphatic carbocycles. The highest BCUT2D eigenvalue weighted by Gasteiger charge is 1.85. The van der Waals surface area contributed by atoms with E-state index >= 15 is 0 Å². The van der Waals surface area contributed by atoms with Gasteiger partial charge in [0.2, 0.25) is 0 Å². The Kier molecular flexibility index (Phi) is 42.6. The van der Waals surface area contributed by atoms with E-state index in [9.17, 15) is 0 Å². The van der Waals surface area contributed by atoms with Gasteiger partial charge in [0, 0.05) is 0 Å². The lowest BCUT2D eigenvalue weighted by molar-refractivity contribution is 0.610. The van der Waals surface area contributed by atoms with Crippen LogP contribution in [-0.2, 0) is 0 Å². The smallest absolute Gasteiger partial charge is 0.00519 e. The van der Waals surface area contributed by atoms with Crippen LogP contribution in [0.5, 0.6) is 0 Å². The first-order valence-electron chi connectivity index (χ1n) is 6.06. The Bertz CT molecular complexity index is 38.4. The second-order valence-electron chi connectivity index (χ2n) is 2.52. The zero-order valence-electron chi connectivity index (χ0n) is 10.7. The maximum Gasteiger partial charge on any atom is -0.00519 e. The quantitative estimate of drug-likeness (QED) is 0.617. The summed E-state index contributed by atoms with van der Waals surface area (Å²) in [6.07, 6.45) is 6.91. The van der Waals surface area contributed by atoms with Crippen LogP contribution in [0.4, 0.5) is 0 Å². The van der Waals surface area contributed by atoms with Gasteiger partial charge in [-0.05, 0) is 20.0 Å². The zero-order chi connectivity index (χ0) is 10.9. The lowest BCUT2D eigenvalue weighted by Gasteiger charge is -1.97. The van der Waals surface area contributed by atoms with Gasteiger partial charge < -0.3 is 5.32 Å². The maximum atomic E-state index is 3.14. The Morgan fingerprint density at radius 1 is 0.769 bits per heavy atom. The number of rotatable bonds is 6. The standard InChI is InChI=1S/C8H19N.2C2H6/c1-3-4-5-6-7-8-9-2;2*1-2/h9H,3-8H2,1-2H3;2*1-2H3. The third-order valence-corrected chi connectivity index (χ3v) is 1.53. The van der Waals surface area contributed by atoms with Crippen molar-refractivity contribution in [1.29, 1.82) is 0 Å². The number of nitrogens with one attached hydrogen (secondary N) is 1. The molecule has 0 aromatic heterocycles. The van der Waals surface area contributed by atoms with E-state index in [0.29, 0.717) is 0 Å². The number of unbranched alkanes of at least 4 members (excludes halogenated alkanes) is 4. The van der Waals surface area contributed by atoms with E-state index in [2.05, 4.69) is 12.2 Å². The van der Waals surface area contributed by atoms with Crippen molar-refractivity contribution in [2.24, 2.45) is 0 Å². The SMILES string of the molecule is CC.CC.CCCCCCCNC. The molecule has 0 atom stereocenters. The van der Waals surface area contributed by atoms with E-state index < -0.39 is 0 Å².